The summed E-state index contributed by atoms with van der Waals surface area (Å²) in [5.41, 5.74) is 1.72. The van der Waals surface area contributed by atoms with Crippen molar-refractivity contribution in [3.8, 4) is 11.8 Å². The van der Waals surface area contributed by atoms with E-state index in [1.54, 1.807) is 23.3 Å². The first-order valence-corrected chi connectivity index (χ1v) is 27.4. The Hall–Kier alpha value is -2.28. The Morgan fingerprint density at radius 1 is 0.830 bits per heavy atom. The highest BCUT2D eigenvalue weighted by Gasteiger charge is 2.55. The average Bonchev–Trinajstić information content (AvgIpc) is 3.84. The van der Waals surface area contributed by atoms with Crippen LogP contribution in [-0.4, -0.2) is 91.0 Å². The van der Waals surface area contributed by atoms with Crippen LogP contribution in [0.4, 0.5) is 0 Å². The molecule has 0 aromatic carbocycles. The van der Waals surface area contributed by atoms with Gasteiger partial charge in [0.1, 0.15) is 24.9 Å². The van der Waals surface area contributed by atoms with E-state index in [2.05, 4.69) is 118 Å². The van der Waals surface area contributed by atoms with Gasteiger partial charge in [-0.3, -0.25) is 4.57 Å². The molecule has 2 aliphatic rings. The second-order valence-electron chi connectivity index (χ2n) is 18.8. The van der Waals surface area contributed by atoms with Crippen LogP contribution in [0.5, 0.6) is 5.88 Å². The predicted molar refractivity (Wildman–Crippen MR) is 217 cm³/mol. The number of aromatic nitrogens is 7. The van der Waals surface area contributed by atoms with Crippen LogP contribution < -0.4 is 4.74 Å². The molecule has 2 fully saturated rings. The molecule has 3 aromatic heterocycles. The fourth-order valence-electron chi connectivity index (χ4n) is 5.32. The van der Waals surface area contributed by atoms with Crippen molar-refractivity contribution in [3.05, 3.63) is 62.5 Å². The van der Waals surface area contributed by atoms with E-state index in [1.807, 2.05) is 30.3 Å². The molecule has 1 aliphatic carbocycles. The van der Waals surface area contributed by atoms with Crippen LogP contribution in [0.15, 0.2) is 25.2 Å². The summed E-state index contributed by atoms with van der Waals surface area (Å²) in [5.74, 6) is 1.55. The first kappa shape index (κ1) is 41.9. The number of nitrogens with zero attached hydrogens (tertiary/aromatic N) is 7. The quantitative estimate of drug-likeness (QED) is 0.124. The lowest BCUT2D eigenvalue weighted by molar-refractivity contribution is -0.0470. The summed E-state index contributed by atoms with van der Waals surface area (Å²) >= 11 is 0. The number of ether oxygens (including phenoxy) is 2. The SMILES string of the molecule is C=CCOc1nc(-n2cc([C]3[CH][CH][CH][CH]3)nn2)nc2c1ncn2[C@@H]1O[C@H](CO[Si](C)(C)C(C)(C)C)[C@@H](O[Si](C)(C)C(C)(C)C)[C@H]1O[Si](C)(C)C(C)(C)C. The molecule has 3 aromatic rings. The smallest absolute Gasteiger partial charge is 0.257 e. The standard InChI is InChI=1S/C38H62N7O5Si3/c1-17-22-46-33-29-32(40-35(41-33)45-23-27(42-43-45)26-20-18-19-21-26)44(25-39-29)34-31(50-53(15,16)38(8,9)10)30(49-52(13,14)37(5,6)7)28(48-34)24-47-51(11,12)36(2,3)4/h17-21,23,25,28,30-31,34H,1,22,24H2,2-16H3/t28-,30-,31-,34-/m1/s1. The second kappa shape index (κ2) is 15.0. The van der Waals surface area contributed by atoms with Gasteiger partial charge in [-0.1, -0.05) is 80.2 Å². The maximum Gasteiger partial charge on any atom is 0.257 e. The van der Waals surface area contributed by atoms with Crippen LogP contribution in [0.1, 0.15) is 74.2 Å². The highest BCUT2D eigenvalue weighted by molar-refractivity contribution is 6.75. The minimum Gasteiger partial charge on any atom is -0.472 e. The summed E-state index contributed by atoms with van der Waals surface area (Å²) < 4.78 is 38.4. The summed E-state index contributed by atoms with van der Waals surface area (Å²) in [6.45, 7) is 38.4. The molecule has 0 amide bonds. The highest BCUT2D eigenvalue weighted by Crippen LogP contribution is 2.47. The van der Waals surface area contributed by atoms with Gasteiger partial charge in [-0.05, 0) is 80.1 Å². The van der Waals surface area contributed by atoms with E-state index in [0.717, 1.165) is 5.92 Å². The zero-order chi connectivity index (χ0) is 39.4. The largest absolute Gasteiger partial charge is 0.472 e. The monoisotopic (exact) mass is 780 g/mol. The van der Waals surface area contributed by atoms with Crippen molar-refractivity contribution < 1.29 is 22.8 Å². The molecule has 1 aliphatic heterocycles. The molecule has 1 saturated carbocycles. The van der Waals surface area contributed by atoms with Crippen LogP contribution in [-0.2, 0) is 18.0 Å². The van der Waals surface area contributed by atoms with Crippen molar-refractivity contribution in [1.82, 2.24) is 34.5 Å². The fourth-order valence-corrected chi connectivity index (χ4v) is 8.94. The van der Waals surface area contributed by atoms with Crippen LogP contribution in [0.25, 0.3) is 17.1 Å². The normalized spacial score (nSPS) is 22.6. The minimum atomic E-state index is -2.39. The third kappa shape index (κ3) is 8.76. The molecule has 5 radical (unpaired) electrons. The summed E-state index contributed by atoms with van der Waals surface area (Å²) in [7, 11) is -6.88. The Bertz CT molecular complexity index is 1730. The van der Waals surface area contributed by atoms with E-state index >= 15 is 0 Å². The number of fused-ring (bicyclic) bond motifs is 1. The van der Waals surface area contributed by atoms with Gasteiger partial charge in [-0.2, -0.15) is 14.6 Å². The minimum absolute atomic E-state index is 0.0254. The molecular formula is C38H62N7O5Si3. The third-order valence-corrected chi connectivity index (χ3v) is 25.3. The Kier molecular flexibility index (Phi) is 11.8. The molecule has 0 spiro atoms. The Balaban J connectivity index is 1.66. The lowest BCUT2D eigenvalue weighted by Crippen LogP contribution is -2.54. The zero-order valence-corrected chi connectivity index (χ0v) is 37.6. The summed E-state index contributed by atoms with van der Waals surface area (Å²) in [5, 5.41) is 8.69. The predicted octanol–water partition coefficient (Wildman–Crippen LogP) is 8.43. The van der Waals surface area contributed by atoms with E-state index in [0.29, 0.717) is 29.3 Å². The van der Waals surface area contributed by atoms with E-state index in [1.165, 1.54) is 0 Å². The van der Waals surface area contributed by atoms with Gasteiger partial charge in [-0.15, -0.1) is 5.10 Å². The topological polar surface area (TPSA) is 120 Å². The first-order valence-electron chi connectivity index (χ1n) is 18.6. The number of imidazole rings is 1. The van der Waals surface area contributed by atoms with E-state index < -0.39 is 49.5 Å². The molecule has 12 nitrogen and oxygen atoms in total. The zero-order valence-electron chi connectivity index (χ0n) is 34.6. The molecule has 0 bridgehead atoms. The first-order chi connectivity index (χ1) is 24.4. The maximum absolute atomic E-state index is 7.41. The van der Waals surface area contributed by atoms with Crippen molar-refractivity contribution >= 4 is 36.1 Å². The molecule has 291 valence electrons. The second-order valence-corrected chi connectivity index (χ2v) is 33.1. The van der Waals surface area contributed by atoms with Crippen molar-refractivity contribution in [3.63, 3.8) is 0 Å². The molecule has 4 heterocycles. The number of rotatable bonds is 13. The van der Waals surface area contributed by atoms with Crippen LogP contribution in [0.2, 0.25) is 54.4 Å². The molecule has 1 saturated heterocycles. The van der Waals surface area contributed by atoms with Gasteiger partial charge in [0.2, 0.25) is 5.88 Å². The Labute approximate surface area is 321 Å². The average molecular weight is 781 g/mol. The summed E-state index contributed by atoms with van der Waals surface area (Å²) in [6.07, 6.45) is 11.2. The van der Waals surface area contributed by atoms with Crippen molar-refractivity contribution in [1.29, 1.82) is 0 Å². The van der Waals surface area contributed by atoms with Gasteiger partial charge in [-0.25, -0.2) is 4.98 Å². The molecule has 53 heavy (non-hydrogen) atoms. The third-order valence-electron chi connectivity index (χ3n) is 11.8. The lowest BCUT2D eigenvalue weighted by Gasteiger charge is -2.44. The molecule has 0 N–H and O–H groups in total. The maximum atomic E-state index is 7.41. The van der Waals surface area contributed by atoms with Gasteiger partial charge < -0.3 is 22.8 Å². The van der Waals surface area contributed by atoms with Crippen molar-refractivity contribution in [2.45, 2.75) is 141 Å². The van der Waals surface area contributed by atoms with Gasteiger partial charge >= 0.3 is 0 Å². The van der Waals surface area contributed by atoms with Crippen LogP contribution in [0, 0.1) is 31.6 Å². The molecule has 4 atom stereocenters. The van der Waals surface area contributed by atoms with Gasteiger partial charge in [0, 0.05) is 5.92 Å². The van der Waals surface area contributed by atoms with Crippen LogP contribution >= 0.6 is 0 Å². The lowest BCUT2D eigenvalue weighted by atomic mass is 10.1. The van der Waals surface area contributed by atoms with Crippen molar-refractivity contribution in [2.24, 2.45) is 0 Å². The molecule has 15 heteroatoms. The molecular weight excluding hydrogens is 719 g/mol. The number of hydrogen-bond acceptors (Lipinski definition) is 10. The Morgan fingerprint density at radius 2 is 1.42 bits per heavy atom. The van der Waals surface area contributed by atoms with E-state index in [-0.39, 0.29) is 27.7 Å². The highest BCUT2D eigenvalue weighted by atomic mass is 28.4. The van der Waals surface area contributed by atoms with Gasteiger partial charge in [0.25, 0.3) is 5.95 Å². The molecule has 5 rings (SSSR count). The number of hydrogen-bond donors (Lipinski definition) is 0. The van der Waals surface area contributed by atoms with Gasteiger partial charge in [0.05, 0.1) is 24.8 Å². The van der Waals surface area contributed by atoms with E-state index in [9.17, 15) is 0 Å². The summed E-state index contributed by atoms with van der Waals surface area (Å²) in [4.78, 5) is 14.6. The fraction of sp³-hybridized carbons (Fsp3) is 0.632. The Morgan fingerprint density at radius 3 is 1.98 bits per heavy atom. The van der Waals surface area contributed by atoms with Crippen molar-refractivity contribution in [2.75, 3.05) is 13.2 Å². The van der Waals surface area contributed by atoms with Crippen LogP contribution in [0.3, 0.4) is 0 Å². The van der Waals surface area contributed by atoms with Gasteiger partial charge in [0.15, 0.2) is 42.3 Å². The molecule has 0 unspecified atom stereocenters. The van der Waals surface area contributed by atoms with E-state index in [4.69, 9.17) is 37.7 Å². The summed E-state index contributed by atoms with van der Waals surface area (Å²) in [6, 6.07) is 0.